The maximum atomic E-state index is 5.16. The van der Waals surface area contributed by atoms with Gasteiger partial charge in [-0.25, -0.2) is 4.99 Å². The number of rotatable bonds is 7. The molecule has 152 valence electrons. The van der Waals surface area contributed by atoms with Crippen LogP contribution in [0.4, 0.5) is 5.69 Å². The van der Waals surface area contributed by atoms with Crippen LogP contribution in [0, 0.1) is 0 Å². The van der Waals surface area contributed by atoms with E-state index in [2.05, 4.69) is 77.1 Å². The monoisotopic (exact) mass is 494 g/mol. The van der Waals surface area contributed by atoms with Gasteiger partial charge in [-0.1, -0.05) is 42.5 Å². The van der Waals surface area contributed by atoms with E-state index in [0.29, 0.717) is 19.2 Å². The Morgan fingerprint density at radius 2 is 1.82 bits per heavy atom. The molecule has 0 bridgehead atoms. The Kier molecular flexibility index (Phi) is 9.57. The van der Waals surface area contributed by atoms with Gasteiger partial charge in [0, 0.05) is 38.5 Å². The van der Waals surface area contributed by atoms with E-state index in [1.165, 1.54) is 16.8 Å². The molecule has 1 heterocycles. The number of para-hydroxylation sites is 1. The van der Waals surface area contributed by atoms with Crippen molar-refractivity contribution in [1.29, 1.82) is 0 Å². The van der Waals surface area contributed by atoms with Gasteiger partial charge in [0.05, 0.1) is 13.2 Å². The summed E-state index contributed by atoms with van der Waals surface area (Å²) < 4.78 is 5.16. The van der Waals surface area contributed by atoms with Crippen LogP contribution in [0.3, 0.4) is 0 Å². The zero-order valence-electron chi connectivity index (χ0n) is 16.7. The molecular formula is C22H31IN4O. The SMILES string of the molecule is CCNC(=NCc1ccc(COC)cc1)NC1CCN(c2ccccc2)C1.I. The number of guanidine groups is 1. The largest absolute Gasteiger partial charge is 0.380 e. The average Bonchev–Trinajstić information content (AvgIpc) is 3.17. The van der Waals surface area contributed by atoms with E-state index >= 15 is 0 Å². The van der Waals surface area contributed by atoms with E-state index in [4.69, 9.17) is 9.73 Å². The maximum Gasteiger partial charge on any atom is 0.191 e. The van der Waals surface area contributed by atoms with E-state index in [0.717, 1.165) is 32.0 Å². The average molecular weight is 494 g/mol. The standard InChI is InChI=1S/C22H30N4O.HI/c1-3-23-22(24-15-18-9-11-19(12-10-18)17-27-2)25-20-13-14-26(16-20)21-7-5-4-6-8-21;/h4-12,20H,3,13-17H2,1-2H3,(H2,23,24,25);1H. The number of ether oxygens (including phenoxy) is 1. The van der Waals surface area contributed by atoms with E-state index in [-0.39, 0.29) is 24.0 Å². The number of benzene rings is 2. The van der Waals surface area contributed by atoms with Gasteiger partial charge in [-0.3, -0.25) is 0 Å². The van der Waals surface area contributed by atoms with Crippen LogP contribution in [0.2, 0.25) is 0 Å². The highest BCUT2D eigenvalue weighted by molar-refractivity contribution is 14.0. The first-order valence-electron chi connectivity index (χ1n) is 9.70. The van der Waals surface area contributed by atoms with Gasteiger partial charge >= 0.3 is 0 Å². The zero-order chi connectivity index (χ0) is 18.9. The predicted molar refractivity (Wildman–Crippen MR) is 128 cm³/mol. The van der Waals surface area contributed by atoms with Gasteiger partial charge in [-0.2, -0.15) is 0 Å². The fourth-order valence-electron chi connectivity index (χ4n) is 3.34. The summed E-state index contributed by atoms with van der Waals surface area (Å²) >= 11 is 0. The number of hydrogen-bond acceptors (Lipinski definition) is 3. The van der Waals surface area contributed by atoms with Crippen LogP contribution in [-0.4, -0.2) is 38.7 Å². The van der Waals surface area contributed by atoms with Crippen molar-refractivity contribution in [3.05, 3.63) is 65.7 Å². The molecule has 28 heavy (non-hydrogen) atoms. The van der Waals surface area contributed by atoms with Crippen LogP contribution in [0.1, 0.15) is 24.5 Å². The molecule has 0 aromatic heterocycles. The summed E-state index contributed by atoms with van der Waals surface area (Å²) in [4.78, 5) is 7.19. The summed E-state index contributed by atoms with van der Waals surface area (Å²) in [5.41, 5.74) is 3.67. The first-order chi connectivity index (χ1) is 13.3. The van der Waals surface area contributed by atoms with E-state index in [9.17, 15) is 0 Å². The van der Waals surface area contributed by atoms with Crippen LogP contribution < -0.4 is 15.5 Å². The molecule has 2 N–H and O–H groups in total. The van der Waals surface area contributed by atoms with Gasteiger partial charge < -0.3 is 20.3 Å². The molecule has 6 heteroatoms. The van der Waals surface area contributed by atoms with Crippen molar-refractivity contribution in [2.45, 2.75) is 32.5 Å². The van der Waals surface area contributed by atoms with Crippen molar-refractivity contribution in [2.24, 2.45) is 4.99 Å². The molecular weight excluding hydrogens is 463 g/mol. The molecule has 5 nitrogen and oxygen atoms in total. The van der Waals surface area contributed by atoms with E-state index in [1.54, 1.807) is 7.11 Å². The number of nitrogens with one attached hydrogen (secondary N) is 2. The lowest BCUT2D eigenvalue weighted by Gasteiger charge is -2.20. The Labute approximate surface area is 185 Å². The molecule has 1 aliphatic rings. The van der Waals surface area contributed by atoms with Gasteiger partial charge in [0.25, 0.3) is 0 Å². The lowest BCUT2D eigenvalue weighted by atomic mass is 10.1. The van der Waals surface area contributed by atoms with Crippen LogP contribution in [0.15, 0.2) is 59.6 Å². The molecule has 3 rings (SSSR count). The molecule has 0 saturated carbocycles. The highest BCUT2D eigenvalue weighted by Gasteiger charge is 2.23. The molecule has 0 radical (unpaired) electrons. The number of halogens is 1. The molecule has 2 aromatic carbocycles. The summed E-state index contributed by atoms with van der Waals surface area (Å²) in [5.74, 6) is 0.887. The molecule has 1 fully saturated rings. The van der Waals surface area contributed by atoms with Gasteiger partial charge in [-0.05, 0) is 36.6 Å². The van der Waals surface area contributed by atoms with Crippen molar-refractivity contribution in [3.8, 4) is 0 Å². The molecule has 1 saturated heterocycles. The van der Waals surface area contributed by atoms with Crippen LogP contribution in [0.5, 0.6) is 0 Å². The van der Waals surface area contributed by atoms with Crippen molar-refractivity contribution < 1.29 is 4.74 Å². The highest BCUT2D eigenvalue weighted by atomic mass is 127. The van der Waals surface area contributed by atoms with E-state index < -0.39 is 0 Å². The Bertz CT molecular complexity index is 721. The summed E-state index contributed by atoms with van der Waals surface area (Å²) in [6.07, 6.45) is 1.12. The maximum absolute atomic E-state index is 5.16. The fraction of sp³-hybridized carbons (Fsp3) is 0.409. The van der Waals surface area contributed by atoms with Crippen LogP contribution in [0.25, 0.3) is 0 Å². The Hall–Kier alpha value is -1.80. The summed E-state index contributed by atoms with van der Waals surface area (Å²) in [5, 5.41) is 6.96. The minimum atomic E-state index is 0. The minimum absolute atomic E-state index is 0. The molecule has 0 amide bonds. The number of nitrogens with zero attached hydrogens (tertiary/aromatic N) is 2. The first kappa shape index (κ1) is 22.5. The second kappa shape index (κ2) is 11.9. The van der Waals surface area contributed by atoms with Crippen LogP contribution in [-0.2, 0) is 17.9 Å². The molecule has 0 spiro atoms. The topological polar surface area (TPSA) is 48.9 Å². The first-order valence-corrected chi connectivity index (χ1v) is 9.70. The third-order valence-corrected chi connectivity index (χ3v) is 4.75. The fourth-order valence-corrected chi connectivity index (χ4v) is 3.34. The van der Waals surface area contributed by atoms with Crippen molar-refractivity contribution in [3.63, 3.8) is 0 Å². The molecule has 2 aromatic rings. The quantitative estimate of drug-likeness (QED) is 0.350. The predicted octanol–water partition coefficient (Wildman–Crippen LogP) is 3.79. The highest BCUT2D eigenvalue weighted by Crippen LogP contribution is 2.19. The number of anilines is 1. The van der Waals surface area contributed by atoms with E-state index in [1.807, 2.05) is 0 Å². The van der Waals surface area contributed by atoms with Crippen LogP contribution >= 0.6 is 24.0 Å². The lowest BCUT2D eigenvalue weighted by molar-refractivity contribution is 0.185. The van der Waals surface area contributed by atoms with Crippen molar-refractivity contribution in [2.75, 3.05) is 31.6 Å². The lowest BCUT2D eigenvalue weighted by Crippen LogP contribution is -2.44. The molecule has 0 aliphatic carbocycles. The molecule has 1 unspecified atom stereocenters. The Morgan fingerprint density at radius 3 is 2.50 bits per heavy atom. The Morgan fingerprint density at radius 1 is 1.11 bits per heavy atom. The third kappa shape index (κ3) is 6.67. The smallest absolute Gasteiger partial charge is 0.191 e. The number of hydrogen-bond donors (Lipinski definition) is 2. The molecule has 1 aliphatic heterocycles. The van der Waals surface area contributed by atoms with Gasteiger partial charge in [0.1, 0.15) is 0 Å². The number of aliphatic imine (C=N–C) groups is 1. The second-order valence-corrected chi connectivity index (χ2v) is 6.86. The zero-order valence-corrected chi connectivity index (χ0v) is 19.1. The van der Waals surface area contributed by atoms with Gasteiger partial charge in [0.15, 0.2) is 5.96 Å². The summed E-state index contributed by atoms with van der Waals surface area (Å²) in [7, 11) is 1.72. The minimum Gasteiger partial charge on any atom is -0.380 e. The molecule has 1 atom stereocenters. The van der Waals surface area contributed by atoms with Crippen molar-refractivity contribution >= 4 is 35.6 Å². The van der Waals surface area contributed by atoms with Gasteiger partial charge in [0.2, 0.25) is 0 Å². The normalized spacial score (nSPS) is 16.6. The second-order valence-electron chi connectivity index (χ2n) is 6.86. The summed E-state index contributed by atoms with van der Waals surface area (Å²) in [6, 6.07) is 19.5. The van der Waals surface area contributed by atoms with Crippen molar-refractivity contribution in [1.82, 2.24) is 10.6 Å². The van der Waals surface area contributed by atoms with Gasteiger partial charge in [-0.15, -0.1) is 24.0 Å². The number of methoxy groups -OCH3 is 1. The summed E-state index contributed by atoms with van der Waals surface area (Å²) in [6.45, 7) is 6.34. The Balaban J connectivity index is 0.00000280. The third-order valence-electron chi connectivity index (χ3n) is 4.75.